The lowest BCUT2D eigenvalue weighted by atomic mass is 10.1. The summed E-state index contributed by atoms with van der Waals surface area (Å²) in [6.45, 7) is 3.91. The van der Waals surface area contributed by atoms with E-state index in [-0.39, 0.29) is 12.0 Å². The van der Waals surface area contributed by atoms with Gasteiger partial charge in [-0.15, -0.1) is 0 Å². The van der Waals surface area contributed by atoms with Crippen LogP contribution in [-0.2, 0) is 4.79 Å². The number of hydrogen-bond donors (Lipinski definition) is 1. The Bertz CT molecular complexity index is 548. The minimum atomic E-state index is -0.275. The molecule has 0 aliphatic carbocycles. The van der Waals surface area contributed by atoms with E-state index < -0.39 is 0 Å². The predicted octanol–water partition coefficient (Wildman–Crippen LogP) is 2.48. The van der Waals surface area contributed by atoms with Gasteiger partial charge in [-0.2, -0.15) is 0 Å². The molecular weight excluding hydrogens is 294 g/mol. The molecule has 0 bridgehead atoms. The molecule has 0 unspecified atom stereocenters. The van der Waals surface area contributed by atoms with Crippen LogP contribution in [0.2, 0.25) is 0 Å². The second-order valence-electron chi connectivity index (χ2n) is 5.65. The number of carbonyl (C=O) groups is 1. The third kappa shape index (κ3) is 4.99. The molecule has 0 spiro atoms. The number of likely N-dealkylation sites (tertiary alicyclic amines) is 1. The average Bonchev–Trinajstić information content (AvgIpc) is 2.58. The van der Waals surface area contributed by atoms with Crippen LogP contribution in [0.25, 0.3) is 6.08 Å². The Labute approximate surface area is 137 Å². The van der Waals surface area contributed by atoms with Crippen molar-refractivity contribution in [3.8, 4) is 11.5 Å². The number of ether oxygens (including phenoxy) is 2. The summed E-state index contributed by atoms with van der Waals surface area (Å²) in [5, 5.41) is 9.48. The molecule has 5 nitrogen and oxygen atoms in total. The highest BCUT2D eigenvalue weighted by molar-refractivity contribution is 5.91. The van der Waals surface area contributed by atoms with E-state index in [9.17, 15) is 9.90 Å². The van der Waals surface area contributed by atoms with E-state index in [1.54, 1.807) is 24.2 Å². The molecule has 0 atom stereocenters. The zero-order valence-corrected chi connectivity index (χ0v) is 13.8. The van der Waals surface area contributed by atoms with E-state index in [0.29, 0.717) is 44.0 Å². The first-order valence-electron chi connectivity index (χ1n) is 8.10. The molecule has 0 aromatic heterocycles. The number of hydrogen-bond acceptors (Lipinski definition) is 4. The van der Waals surface area contributed by atoms with Gasteiger partial charge in [0.25, 0.3) is 0 Å². The van der Waals surface area contributed by atoms with Gasteiger partial charge in [0.05, 0.1) is 19.8 Å². The van der Waals surface area contributed by atoms with Crippen molar-refractivity contribution in [2.75, 3.05) is 26.8 Å². The van der Waals surface area contributed by atoms with Crippen molar-refractivity contribution in [1.29, 1.82) is 0 Å². The third-order valence-corrected chi connectivity index (χ3v) is 3.84. The summed E-state index contributed by atoms with van der Waals surface area (Å²) in [4.78, 5) is 13.9. The Hall–Kier alpha value is -2.01. The second kappa shape index (κ2) is 8.58. The van der Waals surface area contributed by atoms with Crippen molar-refractivity contribution in [2.45, 2.75) is 32.3 Å². The molecule has 1 aliphatic heterocycles. The molecule has 1 saturated heterocycles. The van der Waals surface area contributed by atoms with Crippen LogP contribution in [0.5, 0.6) is 11.5 Å². The molecule has 0 radical (unpaired) electrons. The molecule has 1 fully saturated rings. The van der Waals surface area contributed by atoms with Crippen LogP contribution in [0.3, 0.4) is 0 Å². The van der Waals surface area contributed by atoms with E-state index >= 15 is 0 Å². The Balaban J connectivity index is 2.00. The second-order valence-corrected chi connectivity index (χ2v) is 5.65. The van der Waals surface area contributed by atoms with E-state index in [1.807, 2.05) is 18.2 Å². The number of methoxy groups -OCH3 is 1. The standard InChI is InChI=1S/C18H25NO4/c1-3-12-23-16-6-4-14(13-17(16)22-2)5-7-18(21)19-10-8-15(20)9-11-19/h4-7,13,15,20H,3,8-12H2,1-2H3/b7-5+. The molecular formula is C18H25NO4. The molecule has 1 aliphatic rings. The van der Waals surface area contributed by atoms with Crippen LogP contribution < -0.4 is 9.47 Å². The Morgan fingerprint density at radius 3 is 2.74 bits per heavy atom. The van der Waals surface area contributed by atoms with Gasteiger partial charge in [-0.25, -0.2) is 0 Å². The van der Waals surface area contributed by atoms with Gasteiger partial charge >= 0.3 is 0 Å². The molecule has 1 amide bonds. The maximum Gasteiger partial charge on any atom is 0.246 e. The zero-order valence-electron chi connectivity index (χ0n) is 13.8. The first kappa shape index (κ1) is 17.3. The number of amides is 1. The molecule has 0 saturated carbocycles. The van der Waals surface area contributed by atoms with Crippen LogP contribution in [0.4, 0.5) is 0 Å². The number of aliphatic hydroxyl groups excluding tert-OH is 1. The number of piperidine rings is 1. The molecule has 126 valence electrons. The van der Waals surface area contributed by atoms with Crippen molar-refractivity contribution in [1.82, 2.24) is 4.90 Å². The van der Waals surface area contributed by atoms with Gasteiger partial charge < -0.3 is 19.5 Å². The largest absolute Gasteiger partial charge is 0.493 e. The minimum absolute atomic E-state index is 0.0258. The highest BCUT2D eigenvalue weighted by Gasteiger charge is 2.19. The van der Waals surface area contributed by atoms with E-state index in [4.69, 9.17) is 9.47 Å². The zero-order chi connectivity index (χ0) is 16.7. The number of carbonyl (C=O) groups excluding carboxylic acids is 1. The third-order valence-electron chi connectivity index (χ3n) is 3.84. The van der Waals surface area contributed by atoms with Crippen molar-refractivity contribution in [3.05, 3.63) is 29.8 Å². The van der Waals surface area contributed by atoms with Gasteiger partial charge in [-0.05, 0) is 43.0 Å². The van der Waals surface area contributed by atoms with Crippen molar-refractivity contribution in [3.63, 3.8) is 0 Å². The average molecular weight is 319 g/mol. The van der Waals surface area contributed by atoms with Crippen molar-refractivity contribution < 1.29 is 19.4 Å². The molecule has 5 heteroatoms. The number of benzene rings is 1. The summed E-state index contributed by atoms with van der Waals surface area (Å²) in [5.74, 6) is 1.35. The summed E-state index contributed by atoms with van der Waals surface area (Å²) in [7, 11) is 1.60. The number of rotatable bonds is 6. The monoisotopic (exact) mass is 319 g/mol. The molecule has 1 aromatic carbocycles. The fraction of sp³-hybridized carbons (Fsp3) is 0.500. The van der Waals surface area contributed by atoms with Crippen LogP contribution in [-0.4, -0.2) is 48.8 Å². The van der Waals surface area contributed by atoms with Crippen molar-refractivity contribution in [2.24, 2.45) is 0 Å². The number of aliphatic hydroxyl groups is 1. The van der Waals surface area contributed by atoms with E-state index in [0.717, 1.165) is 12.0 Å². The molecule has 2 rings (SSSR count). The van der Waals surface area contributed by atoms with E-state index in [1.165, 1.54) is 0 Å². The van der Waals surface area contributed by atoms with Crippen LogP contribution >= 0.6 is 0 Å². The fourth-order valence-corrected chi connectivity index (χ4v) is 2.48. The van der Waals surface area contributed by atoms with E-state index in [2.05, 4.69) is 6.92 Å². The van der Waals surface area contributed by atoms with Crippen LogP contribution in [0, 0.1) is 0 Å². The summed E-state index contributed by atoms with van der Waals surface area (Å²) in [5.41, 5.74) is 0.885. The van der Waals surface area contributed by atoms with Crippen molar-refractivity contribution >= 4 is 12.0 Å². The van der Waals surface area contributed by atoms with Gasteiger partial charge in [0, 0.05) is 19.2 Å². The topological polar surface area (TPSA) is 59.0 Å². The normalized spacial score (nSPS) is 15.9. The summed E-state index contributed by atoms with van der Waals surface area (Å²) < 4.78 is 11.0. The van der Waals surface area contributed by atoms with Gasteiger partial charge in [0.1, 0.15) is 0 Å². The SMILES string of the molecule is CCCOc1ccc(/C=C/C(=O)N2CCC(O)CC2)cc1OC. The first-order chi connectivity index (χ1) is 11.1. The maximum atomic E-state index is 12.1. The summed E-state index contributed by atoms with van der Waals surface area (Å²) in [6.07, 6.45) is 5.30. The van der Waals surface area contributed by atoms with Gasteiger partial charge in [0.2, 0.25) is 5.91 Å². The first-order valence-corrected chi connectivity index (χ1v) is 8.10. The maximum absolute atomic E-state index is 12.1. The lowest BCUT2D eigenvalue weighted by molar-refractivity contribution is -0.127. The summed E-state index contributed by atoms with van der Waals surface area (Å²) >= 11 is 0. The van der Waals surface area contributed by atoms with Gasteiger partial charge in [-0.1, -0.05) is 13.0 Å². The Morgan fingerprint density at radius 1 is 1.35 bits per heavy atom. The highest BCUT2D eigenvalue weighted by Crippen LogP contribution is 2.28. The predicted molar refractivity (Wildman–Crippen MR) is 89.6 cm³/mol. The molecule has 1 aromatic rings. The minimum Gasteiger partial charge on any atom is -0.493 e. The Morgan fingerprint density at radius 2 is 2.09 bits per heavy atom. The van der Waals surface area contributed by atoms with Gasteiger partial charge in [-0.3, -0.25) is 4.79 Å². The molecule has 1 N–H and O–H groups in total. The van der Waals surface area contributed by atoms with Crippen LogP contribution in [0.15, 0.2) is 24.3 Å². The Kier molecular flexibility index (Phi) is 6.47. The number of nitrogens with zero attached hydrogens (tertiary/aromatic N) is 1. The fourth-order valence-electron chi connectivity index (χ4n) is 2.48. The molecule has 1 heterocycles. The lowest BCUT2D eigenvalue weighted by Crippen LogP contribution is -2.39. The quantitative estimate of drug-likeness (QED) is 0.819. The van der Waals surface area contributed by atoms with Gasteiger partial charge in [0.15, 0.2) is 11.5 Å². The summed E-state index contributed by atoms with van der Waals surface area (Å²) in [6, 6.07) is 5.61. The smallest absolute Gasteiger partial charge is 0.246 e. The lowest BCUT2D eigenvalue weighted by Gasteiger charge is -2.28. The van der Waals surface area contributed by atoms with Crippen LogP contribution in [0.1, 0.15) is 31.7 Å². The highest BCUT2D eigenvalue weighted by atomic mass is 16.5. The molecule has 23 heavy (non-hydrogen) atoms.